The van der Waals surface area contributed by atoms with E-state index in [1.807, 2.05) is 30.9 Å². The fourth-order valence-corrected chi connectivity index (χ4v) is 3.96. The molecule has 152 valence electrons. The molecule has 0 fully saturated rings. The monoisotopic (exact) mass is 431 g/mol. The zero-order valence-electron chi connectivity index (χ0n) is 16.5. The van der Waals surface area contributed by atoms with Gasteiger partial charge in [0.2, 0.25) is 0 Å². The zero-order chi connectivity index (χ0) is 21.0. The van der Waals surface area contributed by atoms with Crippen LogP contribution in [0.5, 0.6) is 0 Å². The van der Waals surface area contributed by atoms with Crippen LogP contribution in [0.4, 0.5) is 0 Å². The third-order valence-electron chi connectivity index (χ3n) is 4.91. The summed E-state index contributed by atoms with van der Waals surface area (Å²) in [5.41, 5.74) is 2.41. The van der Waals surface area contributed by atoms with E-state index in [0.29, 0.717) is 52.9 Å². The number of pyridine rings is 1. The second-order valence-electron chi connectivity index (χ2n) is 6.79. The third kappa shape index (κ3) is 4.46. The van der Waals surface area contributed by atoms with Gasteiger partial charge in [0.1, 0.15) is 5.70 Å². The predicted molar refractivity (Wildman–Crippen MR) is 116 cm³/mol. The molecule has 0 saturated heterocycles. The molecule has 29 heavy (non-hydrogen) atoms. The molecule has 1 aliphatic rings. The van der Waals surface area contributed by atoms with Crippen LogP contribution < -0.4 is 0 Å². The van der Waals surface area contributed by atoms with E-state index in [0.717, 1.165) is 12.0 Å². The minimum Gasteiger partial charge on any atom is -0.366 e. The Kier molecular flexibility index (Phi) is 6.93. The van der Waals surface area contributed by atoms with Crippen molar-refractivity contribution in [3.8, 4) is 0 Å². The van der Waals surface area contributed by atoms with Crippen LogP contribution in [0, 0.1) is 0 Å². The lowest BCUT2D eigenvalue weighted by Gasteiger charge is -2.25. The van der Waals surface area contributed by atoms with E-state index < -0.39 is 0 Å². The lowest BCUT2D eigenvalue weighted by Crippen LogP contribution is -2.36. The lowest BCUT2D eigenvalue weighted by molar-refractivity contribution is -0.137. The van der Waals surface area contributed by atoms with Crippen LogP contribution in [0.25, 0.3) is 5.57 Å². The van der Waals surface area contributed by atoms with E-state index in [9.17, 15) is 9.59 Å². The summed E-state index contributed by atoms with van der Waals surface area (Å²) in [7, 11) is 0. The minimum atomic E-state index is -0.307. The molecule has 7 heteroatoms. The van der Waals surface area contributed by atoms with Crippen LogP contribution >= 0.6 is 23.2 Å². The molecule has 1 aliphatic heterocycles. The average Bonchev–Trinajstić information content (AvgIpc) is 2.95. The van der Waals surface area contributed by atoms with Crippen LogP contribution in [0.15, 0.2) is 48.4 Å². The number of halogens is 2. The maximum atomic E-state index is 13.2. The molecular weight excluding hydrogens is 409 g/mol. The fourth-order valence-electron chi connectivity index (χ4n) is 3.46. The zero-order valence-corrected chi connectivity index (χ0v) is 18.0. The van der Waals surface area contributed by atoms with Crippen LogP contribution in [-0.2, 0) is 16.0 Å². The molecule has 1 aromatic carbocycles. The van der Waals surface area contributed by atoms with Gasteiger partial charge in [0.15, 0.2) is 0 Å². The fraction of sp³-hybridized carbons (Fsp3) is 0.318. The van der Waals surface area contributed by atoms with Gasteiger partial charge in [-0.15, -0.1) is 0 Å². The van der Waals surface area contributed by atoms with Gasteiger partial charge >= 0.3 is 0 Å². The Morgan fingerprint density at radius 2 is 1.76 bits per heavy atom. The highest BCUT2D eigenvalue weighted by Gasteiger charge is 2.41. The average molecular weight is 432 g/mol. The molecule has 0 radical (unpaired) electrons. The first-order valence-electron chi connectivity index (χ1n) is 9.67. The first kappa shape index (κ1) is 21.3. The number of likely N-dealkylation sites (N-methyl/N-ethyl adjacent to an activating group) is 1. The Balaban J connectivity index is 2.03. The standard InChI is InChI=1S/C22H23Cl2N3O2/c1-3-12-27-21(28)19(17-6-5-16(23)14-18(17)24)20(22(27)29)26(4-2)13-9-15-7-10-25-11-8-15/h5-8,10-11,14H,3-4,9,12-13H2,1-2H3. The molecular formula is C22H23Cl2N3O2. The Morgan fingerprint density at radius 3 is 2.38 bits per heavy atom. The quantitative estimate of drug-likeness (QED) is 0.579. The summed E-state index contributed by atoms with van der Waals surface area (Å²) in [5.74, 6) is -0.576. The molecule has 0 spiro atoms. The topological polar surface area (TPSA) is 53.5 Å². The Labute approximate surface area is 180 Å². The number of imide groups is 1. The minimum absolute atomic E-state index is 0.269. The maximum absolute atomic E-state index is 13.2. The number of nitrogens with zero attached hydrogens (tertiary/aromatic N) is 3. The van der Waals surface area contributed by atoms with Crippen LogP contribution in [0.2, 0.25) is 10.0 Å². The number of rotatable bonds is 8. The van der Waals surface area contributed by atoms with Gasteiger partial charge in [0, 0.05) is 42.6 Å². The molecule has 0 N–H and O–H groups in total. The number of hydrogen-bond donors (Lipinski definition) is 0. The van der Waals surface area contributed by atoms with E-state index in [-0.39, 0.29) is 11.8 Å². The highest BCUT2D eigenvalue weighted by Crippen LogP contribution is 2.36. The van der Waals surface area contributed by atoms with Gasteiger partial charge in [-0.3, -0.25) is 19.5 Å². The summed E-state index contributed by atoms with van der Waals surface area (Å²) < 4.78 is 0. The molecule has 0 saturated carbocycles. The molecule has 0 atom stereocenters. The molecule has 0 aliphatic carbocycles. The molecule has 0 unspecified atom stereocenters. The Morgan fingerprint density at radius 1 is 1.03 bits per heavy atom. The van der Waals surface area contributed by atoms with Crippen molar-refractivity contribution < 1.29 is 9.59 Å². The molecule has 2 aromatic rings. The molecule has 0 bridgehead atoms. The van der Waals surface area contributed by atoms with Crippen LogP contribution in [0.3, 0.4) is 0 Å². The van der Waals surface area contributed by atoms with Crippen molar-refractivity contribution >= 4 is 40.6 Å². The summed E-state index contributed by atoms with van der Waals surface area (Å²) in [6.07, 6.45) is 4.92. The van der Waals surface area contributed by atoms with Crippen molar-refractivity contribution in [2.24, 2.45) is 0 Å². The van der Waals surface area contributed by atoms with Crippen LogP contribution in [-0.4, -0.2) is 46.2 Å². The van der Waals surface area contributed by atoms with Crippen molar-refractivity contribution in [2.45, 2.75) is 26.7 Å². The van der Waals surface area contributed by atoms with Gasteiger partial charge in [-0.2, -0.15) is 0 Å². The Bertz CT molecular complexity index is 944. The van der Waals surface area contributed by atoms with Gasteiger partial charge < -0.3 is 4.90 Å². The molecule has 3 rings (SSSR count). The van der Waals surface area contributed by atoms with E-state index in [2.05, 4.69) is 4.98 Å². The number of aromatic nitrogens is 1. The summed E-state index contributed by atoms with van der Waals surface area (Å²) in [5, 5.41) is 0.836. The molecule has 5 nitrogen and oxygen atoms in total. The van der Waals surface area contributed by atoms with Gasteiger partial charge in [-0.25, -0.2) is 0 Å². The second kappa shape index (κ2) is 9.42. The van der Waals surface area contributed by atoms with E-state index in [1.54, 1.807) is 30.6 Å². The van der Waals surface area contributed by atoms with Crippen LogP contribution in [0.1, 0.15) is 31.4 Å². The van der Waals surface area contributed by atoms with E-state index >= 15 is 0 Å². The maximum Gasteiger partial charge on any atom is 0.277 e. The molecule has 2 amide bonds. The van der Waals surface area contributed by atoms with Gasteiger partial charge in [-0.1, -0.05) is 36.2 Å². The van der Waals surface area contributed by atoms with Crippen molar-refractivity contribution in [2.75, 3.05) is 19.6 Å². The van der Waals surface area contributed by atoms with Crippen molar-refractivity contribution in [3.63, 3.8) is 0 Å². The first-order chi connectivity index (χ1) is 14.0. The number of benzene rings is 1. The van der Waals surface area contributed by atoms with Gasteiger partial charge in [0.25, 0.3) is 11.8 Å². The third-order valence-corrected chi connectivity index (χ3v) is 5.46. The highest BCUT2D eigenvalue weighted by atomic mass is 35.5. The lowest BCUT2D eigenvalue weighted by atomic mass is 10.0. The second-order valence-corrected chi connectivity index (χ2v) is 7.64. The number of carbonyl (C=O) groups is 2. The van der Waals surface area contributed by atoms with E-state index in [1.165, 1.54) is 4.90 Å². The number of carbonyl (C=O) groups excluding carboxylic acids is 2. The first-order valence-corrected chi connectivity index (χ1v) is 10.4. The number of hydrogen-bond acceptors (Lipinski definition) is 4. The smallest absolute Gasteiger partial charge is 0.277 e. The summed E-state index contributed by atoms with van der Waals surface area (Å²) in [4.78, 5) is 33.7. The Hall–Kier alpha value is -2.37. The SMILES string of the molecule is CCCN1C(=O)C(c2ccc(Cl)cc2Cl)=C(N(CC)CCc2ccncc2)C1=O. The molecule has 2 heterocycles. The molecule has 1 aromatic heterocycles. The summed E-state index contributed by atoms with van der Waals surface area (Å²) in [6.45, 7) is 5.48. The van der Waals surface area contributed by atoms with Gasteiger partial charge in [-0.05, 0) is 49.6 Å². The normalized spacial score (nSPS) is 14.1. The predicted octanol–water partition coefficient (Wildman–Crippen LogP) is 4.44. The summed E-state index contributed by atoms with van der Waals surface area (Å²) in [6, 6.07) is 8.88. The summed E-state index contributed by atoms with van der Waals surface area (Å²) >= 11 is 12.4. The highest BCUT2D eigenvalue weighted by molar-refractivity contribution is 6.41. The van der Waals surface area contributed by atoms with Crippen molar-refractivity contribution in [1.29, 1.82) is 0 Å². The van der Waals surface area contributed by atoms with Crippen molar-refractivity contribution in [3.05, 3.63) is 69.6 Å². The number of amides is 2. The largest absolute Gasteiger partial charge is 0.366 e. The van der Waals surface area contributed by atoms with Crippen molar-refractivity contribution in [1.82, 2.24) is 14.8 Å². The van der Waals surface area contributed by atoms with E-state index in [4.69, 9.17) is 23.2 Å². The van der Waals surface area contributed by atoms with Gasteiger partial charge in [0.05, 0.1) is 10.6 Å².